The minimum Gasteiger partial charge on any atom is -0.374 e. The standard InChI is InChI=1S/C10H13N.2C2H6/c1-11-3-2-7-4-8-5-9(8)6-10(7)11;2*1-2/h4,6,8-9H,2-3,5H2,1H3;2*1-2H3. The van der Waals surface area contributed by atoms with Crippen LogP contribution in [0.4, 0.5) is 0 Å². The quantitative estimate of drug-likeness (QED) is 0.583. The number of hydrogen-bond donors (Lipinski definition) is 0. The molecule has 1 nitrogen and oxygen atoms in total. The zero-order chi connectivity index (χ0) is 11.4. The van der Waals surface area contributed by atoms with Crippen LogP contribution in [-0.4, -0.2) is 18.5 Å². The van der Waals surface area contributed by atoms with Crippen LogP contribution in [-0.2, 0) is 0 Å². The van der Waals surface area contributed by atoms with Gasteiger partial charge in [-0.1, -0.05) is 39.8 Å². The van der Waals surface area contributed by atoms with Gasteiger partial charge < -0.3 is 4.90 Å². The van der Waals surface area contributed by atoms with Crippen LogP contribution in [0.1, 0.15) is 40.5 Å². The van der Waals surface area contributed by atoms with E-state index in [1.54, 1.807) is 5.57 Å². The summed E-state index contributed by atoms with van der Waals surface area (Å²) in [6.07, 6.45) is 7.68. The third-order valence-corrected chi connectivity index (χ3v) is 3.14. The van der Waals surface area contributed by atoms with E-state index in [2.05, 4.69) is 24.1 Å². The first kappa shape index (κ1) is 12.4. The fourth-order valence-corrected chi connectivity index (χ4v) is 2.26. The maximum atomic E-state index is 2.50. The number of likely N-dealkylation sites (N-methyl/N-ethyl adjacent to an activating group) is 1. The van der Waals surface area contributed by atoms with E-state index in [0.29, 0.717) is 0 Å². The average Bonchev–Trinajstić information content (AvgIpc) is 2.99. The minimum absolute atomic E-state index is 0.911. The molecule has 3 rings (SSSR count). The molecule has 0 amide bonds. The number of likely N-dealkylation sites (tertiary alicyclic amines) is 1. The summed E-state index contributed by atoms with van der Waals surface area (Å²) in [7, 11) is 2.20. The van der Waals surface area contributed by atoms with E-state index in [4.69, 9.17) is 0 Å². The number of rotatable bonds is 0. The first-order valence-electron chi connectivity index (χ1n) is 6.48. The van der Waals surface area contributed by atoms with Crippen LogP contribution in [0.5, 0.6) is 0 Å². The Hall–Kier alpha value is -0.720. The van der Waals surface area contributed by atoms with Crippen molar-refractivity contribution >= 4 is 0 Å². The molecule has 0 bridgehead atoms. The van der Waals surface area contributed by atoms with E-state index in [1.807, 2.05) is 27.7 Å². The zero-order valence-electron chi connectivity index (χ0n) is 10.9. The zero-order valence-corrected chi connectivity index (χ0v) is 10.9. The molecule has 2 unspecified atom stereocenters. The largest absolute Gasteiger partial charge is 0.374 e. The number of fused-ring (bicyclic) bond motifs is 2. The second kappa shape index (κ2) is 5.39. The van der Waals surface area contributed by atoms with Crippen LogP contribution in [0.15, 0.2) is 23.4 Å². The van der Waals surface area contributed by atoms with Gasteiger partial charge in [0.1, 0.15) is 0 Å². The molecule has 1 aliphatic heterocycles. The van der Waals surface area contributed by atoms with Gasteiger partial charge in [0, 0.05) is 19.3 Å². The lowest BCUT2D eigenvalue weighted by Gasteiger charge is -2.14. The molecule has 2 fully saturated rings. The molecule has 2 atom stereocenters. The Morgan fingerprint density at radius 1 is 1.07 bits per heavy atom. The fraction of sp³-hybridized carbons (Fsp3) is 0.714. The lowest BCUT2D eigenvalue weighted by molar-refractivity contribution is 0.479. The Kier molecular flexibility index (Phi) is 4.44. The summed E-state index contributed by atoms with van der Waals surface area (Å²) in [6.45, 7) is 9.23. The van der Waals surface area contributed by atoms with Crippen LogP contribution < -0.4 is 0 Å². The maximum absolute atomic E-state index is 2.50. The number of allylic oxidation sites excluding steroid dienone is 3. The summed E-state index contributed by atoms with van der Waals surface area (Å²) < 4.78 is 0. The number of hydrogen-bond acceptors (Lipinski definition) is 1. The van der Waals surface area contributed by atoms with Gasteiger partial charge in [-0.3, -0.25) is 0 Å². The van der Waals surface area contributed by atoms with Gasteiger partial charge >= 0.3 is 0 Å². The summed E-state index contributed by atoms with van der Waals surface area (Å²) >= 11 is 0. The van der Waals surface area contributed by atoms with E-state index in [9.17, 15) is 0 Å². The van der Waals surface area contributed by atoms with Crippen LogP contribution in [0.25, 0.3) is 0 Å². The Bertz CT molecular complexity index is 263. The second-order valence-electron chi connectivity index (χ2n) is 3.98. The minimum atomic E-state index is 0.911. The summed E-state index contributed by atoms with van der Waals surface area (Å²) in [5, 5.41) is 0. The van der Waals surface area contributed by atoms with Gasteiger partial charge in [-0.2, -0.15) is 0 Å². The molecule has 86 valence electrons. The fourth-order valence-electron chi connectivity index (χ4n) is 2.26. The molecule has 0 radical (unpaired) electrons. The number of nitrogens with zero attached hydrogens (tertiary/aromatic N) is 1. The van der Waals surface area contributed by atoms with Crippen molar-refractivity contribution in [1.29, 1.82) is 0 Å². The molecule has 1 saturated carbocycles. The molecule has 0 aromatic rings. The maximum Gasteiger partial charge on any atom is 0.0356 e. The summed E-state index contributed by atoms with van der Waals surface area (Å²) in [5.74, 6) is 1.84. The topological polar surface area (TPSA) is 3.24 Å². The summed E-state index contributed by atoms with van der Waals surface area (Å²) in [6, 6.07) is 0. The van der Waals surface area contributed by atoms with Crippen molar-refractivity contribution in [2.45, 2.75) is 40.5 Å². The van der Waals surface area contributed by atoms with Crippen LogP contribution in [0, 0.1) is 11.8 Å². The second-order valence-corrected chi connectivity index (χ2v) is 3.98. The lowest BCUT2D eigenvalue weighted by atomic mass is 10.0. The molecule has 2 aliphatic carbocycles. The van der Waals surface area contributed by atoms with E-state index < -0.39 is 0 Å². The van der Waals surface area contributed by atoms with Crippen molar-refractivity contribution in [3.05, 3.63) is 23.4 Å². The highest BCUT2D eigenvalue weighted by molar-refractivity contribution is 5.41. The van der Waals surface area contributed by atoms with Crippen molar-refractivity contribution < 1.29 is 0 Å². The average molecular weight is 207 g/mol. The lowest BCUT2D eigenvalue weighted by Crippen LogP contribution is -2.11. The van der Waals surface area contributed by atoms with Crippen molar-refractivity contribution in [3.8, 4) is 0 Å². The molecule has 3 aliphatic rings. The third-order valence-electron chi connectivity index (χ3n) is 3.14. The van der Waals surface area contributed by atoms with Gasteiger partial charge in [0.25, 0.3) is 0 Å². The molecular weight excluding hydrogens is 182 g/mol. The Labute approximate surface area is 94.9 Å². The smallest absolute Gasteiger partial charge is 0.0356 e. The van der Waals surface area contributed by atoms with Crippen molar-refractivity contribution in [3.63, 3.8) is 0 Å². The molecule has 0 aromatic heterocycles. The van der Waals surface area contributed by atoms with Crippen molar-refractivity contribution in [2.75, 3.05) is 13.6 Å². The SMILES string of the molecule is CC.CC.CN1CCC2=CC3CC3C=C21. The van der Waals surface area contributed by atoms with Crippen molar-refractivity contribution in [2.24, 2.45) is 11.8 Å². The predicted octanol–water partition coefficient (Wildman–Crippen LogP) is 3.83. The van der Waals surface area contributed by atoms with Gasteiger partial charge in [-0.15, -0.1) is 0 Å². The first-order valence-corrected chi connectivity index (χ1v) is 6.48. The Morgan fingerprint density at radius 2 is 1.67 bits per heavy atom. The Morgan fingerprint density at radius 3 is 2.33 bits per heavy atom. The van der Waals surface area contributed by atoms with E-state index in [0.717, 1.165) is 11.8 Å². The highest BCUT2D eigenvalue weighted by Crippen LogP contribution is 2.48. The normalized spacial score (nSPS) is 29.5. The summed E-state index contributed by atoms with van der Waals surface area (Å²) in [4.78, 5) is 2.39. The monoisotopic (exact) mass is 207 g/mol. The van der Waals surface area contributed by atoms with Gasteiger partial charge in [0.15, 0.2) is 0 Å². The Balaban J connectivity index is 0.000000255. The van der Waals surface area contributed by atoms with Gasteiger partial charge in [-0.25, -0.2) is 0 Å². The molecule has 0 aromatic carbocycles. The molecule has 1 heterocycles. The van der Waals surface area contributed by atoms with Gasteiger partial charge in [0.05, 0.1) is 0 Å². The van der Waals surface area contributed by atoms with E-state index >= 15 is 0 Å². The summed E-state index contributed by atoms with van der Waals surface area (Å²) in [5.41, 5.74) is 3.15. The van der Waals surface area contributed by atoms with Crippen LogP contribution in [0.3, 0.4) is 0 Å². The molecule has 1 heteroatoms. The van der Waals surface area contributed by atoms with Gasteiger partial charge in [0.2, 0.25) is 0 Å². The third kappa shape index (κ3) is 2.45. The molecule has 1 saturated heterocycles. The van der Waals surface area contributed by atoms with E-state index in [-0.39, 0.29) is 0 Å². The van der Waals surface area contributed by atoms with Gasteiger partial charge in [-0.05, 0) is 30.3 Å². The molecule has 0 spiro atoms. The first-order chi connectivity index (χ1) is 7.34. The van der Waals surface area contributed by atoms with E-state index in [1.165, 1.54) is 25.1 Å². The molecular formula is C14H25N. The predicted molar refractivity (Wildman–Crippen MR) is 67.7 cm³/mol. The van der Waals surface area contributed by atoms with Crippen molar-refractivity contribution in [1.82, 2.24) is 4.90 Å². The highest BCUT2D eigenvalue weighted by atomic mass is 15.1. The molecule has 15 heavy (non-hydrogen) atoms. The van der Waals surface area contributed by atoms with Crippen LogP contribution >= 0.6 is 0 Å². The van der Waals surface area contributed by atoms with Crippen LogP contribution in [0.2, 0.25) is 0 Å². The molecule has 0 N–H and O–H groups in total. The highest BCUT2D eigenvalue weighted by Gasteiger charge is 2.39.